The molecule has 0 amide bonds. The van der Waals surface area contributed by atoms with E-state index in [1.165, 1.54) is 0 Å². The lowest BCUT2D eigenvalue weighted by molar-refractivity contribution is 0.153. The Morgan fingerprint density at radius 2 is 2.17 bits per heavy atom. The lowest BCUT2D eigenvalue weighted by Gasteiger charge is -2.21. The molecule has 0 saturated heterocycles. The van der Waals surface area contributed by atoms with Crippen LogP contribution in [0.2, 0.25) is 0 Å². The quantitative estimate of drug-likeness (QED) is 0.708. The largest absolute Gasteiger partial charge is 0.380 e. The van der Waals surface area contributed by atoms with Crippen LogP contribution >= 0.6 is 0 Å². The van der Waals surface area contributed by atoms with Crippen molar-refractivity contribution in [3.63, 3.8) is 0 Å². The molecule has 0 aliphatic carbocycles. The van der Waals surface area contributed by atoms with Crippen LogP contribution in [0.25, 0.3) is 0 Å². The molecule has 1 N–H and O–H groups in total. The number of ether oxygens (including phenoxy) is 1. The zero-order valence-corrected chi connectivity index (χ0v) is 11.9. The summed E-state index contributed by atoms with van der Waals surface area (Å²) < 4.78 is 5.37. The first-order valence-corrected chi connectivity index (χ1v) is 6.52. The normalized spacial score (nSPS) is 10.7. The molecule has 0 fully saturated rings. The van der Waals surface area contributed by atoms with Crippen LogP contribution in [0.15, 0.2) is 6.20 Å². The van der Waals surface area contributed by atoms with Crippen LogP contribution in [0.1, 0.15) is 25.1 Å². The van der Waals surface area contributed by atoms with Crippen molar-refractivity contribution in [1.82, 2.24) is 15.3 Å². The minimum absolute atomic E-state index is 0.713. The smallest absolute Gasteiger partial charge is 0.225 e. The number of hydrogen-bond donors (Lipinski definition) is 1. The highest BCUT2D eigenvalue weighted by Gasteiger charge is 2.09. The summed E-state index contributed by atoms with van der Waals surface area (Å²) in [6, 6.07) is 0. The Morgan fingerprint density at radius 3 is 2.72 bits per heavy atom. The maximum Gasteiger partial charge on any atom is 0.225 e. The lowest BCUT2D eigenvalue weighted by Crippen LogP contribution is -2.29. The van der Waals surface area contributed by atoms with Crippen molar-refractivity contribution in [2.24, 2.45) is 0 Å². The summed E-state index contributed by atoms with van der Waals surface area (Å²) in [5.41, 5.74) is 2.17. The first-order chi connectivity index (χ1) is 8.72. The van der Waals surface area contributed by atoms with Gasteiger partial charge in [0.25, 0.3) is 0 Å². The zero-order chi connectivity index (χ0) is 13.4. The van der Waals surface area contributed by atoms with E-state index in [1.807, 2.05) is 27.1 Å². The molecule has 0 aliphatic rings. The van der Waals surface area contributed by atoms with Gasteiger partial charge >= 0.3 is 0 Å². The third-order valence-corrected chi connectivity index (χ3v) is 2.81. The maximum atomic E-state index is 5.37. The van der Waals surface area contributed by atoms with Gasteiger partial charge in [-0.05, 0) is 27.8 Å². The van der Waals surface area contributed by atoms with Gasteiger partial charge in [-0.15, -0.1) is 0 Å². The number of nitrogens with one attached hydrogen (secondary N) is 1. The Balaban J connectivity index is 2.71. The molecular weight excluding hydrogens is 228 g/mol. The number of hydrogen-bond acceptors (Lipinski definition) is 5. The molecule has 1 aromatic rings. The second-order valence-corrected chi connectivity index (χ2v) is 4.09. The predicted molar refractivity (Wildman–Crippen MR) is 73.9 cm³/mol. The fourth-order valence-corrected chi connectivity index (χ4v) is 1.71. The van der Waals surface area contributed by atoms with Crippen molar-refractivity contribution in [3.05, 3.63) is 17.5 Å². The van der Waals surface area contributed by atoms with E-state index in [1.54, 1.807) is 0 Å². The molecule has 0 unspecified atom stereocenters. The van der Waals surface area contributed by atoms with Gasteiger partial charge in [0.2, 0.25) is 5.95 Å². The highest BCUT2D eigenvalue weighted by Crippen LogP contribution is 2.10. The first-order valence-electron chi connectivity index (χ1n) is 6.52. The van der Waals surface area contributed by atoms with E-state index in [4.69, 9.17) is 4.74 Å². The van der Waals surface area contributed by atoms with Crippen molar-refractivity contribution in [2.75, 3.05) is 38.3 Å². The summed E-state index contributed by atoms with van der Waals surface area (Å²) in [5, 5.41) is 3.12. The fraction of sp³-hybridized carbons (Fsp3) is 0.692. The van der Waals surface area contributed by atoms with Gasteiger partial charge in [0, 0.05) is 43.7 Å². The lowest BCUT2D eigenvalue weighted by atomic mass is 10.2. The average Bonchev–Trinajstić information content (AvgIpc) is 2.37. The summed E-state index contributed by atoms with van der Waals surface area (Å²) in [4.78, 5) is 11.1. The van der Waals surface area contributed by atoms with Crippen LogP contribution in [-0.2, 0) is 11.3 Å². The topological polar surface area (TPSA) is 50.3 Å². The molecule has 5 nitrogen and oxygen atoms in total. The van der Waals surface area contributed by atoms with Gasteiger partial charge < -0.3 is 15.0 Å². The second-order valence-electron chi connectivity index (χ2n) is 4.09. The first kappa shape index (κ1) is 14.9. The Kier molecular flexibility index (Phi) is 6.60. The predicted octanol–water partition coefficient (Wildman–Crippen LogP) is 1.37. The third-order valence-electron chi connectivity index (χ3n) is 2.81. The maximum absolute atomic E-state index is 5.37. The highest BCUT2D eigenvalue weighted by atomic mass is 16.5. The van der Waals surface area contributed by atoms with Crippen LogP contribution in [0.3, 0.4) is 0 Å². The van der Waals surface area contributed by atoms with E-state index in [0.29, 0.717) is 6.61 Å². The number of nitrogens with zero attached hydrogens (tertiary/aromatic N) is 3. The molecule has 0 spiro atoms. The molecule has 0 aliphatic heterocycles. The van der Waals surface area contributed by atoms with Gasteiger partial charge in [0.1, 0.15) is 0 Å². The third kappa shape index (κ3) is 4.23. The summed E-state index contributed by atoms with van der Waals surface area (Å²) in [5.74, 6) is 0.787. The Morgan fingerprint density at radius 1 is 1.39 bits per heavy atom. The van der Waals surface area contributed by atoms with Crippen LogP contribution in [0.5, 0.6) is 0 Å². The Bertz CT molecular complexity index is 357. The van der Waals surface area contributed by atoms with Crippen LogP contribution < -0.4 is 10.2 Å². The standard InChI is InChI=1S/C13H24N4O/c1-5-17(7-8-18-6-2)13-15-10-12(9-14-4)11(3)16-13/h10,14H,5-9H2,1-4H3. The van der Waals surface area contributed by atoms with Gasteiger partial charge in [-0.1, -0.05) is 0 Å². The number of aryl methyl sites for hydroxylation is 1. The zero-order valence-electron chi connectivity index (χ0n) is 11.9. The van der Waals surface area contributed by atoms with Crippen LogP contribution in [-0.4, -0.2) is 43.3 Å². The molecule has 1 aromatic heterocycles. The molecule has 0 aromatic carbocycles. The summed E-state index contributed by atoms with van der Waals surface area (Å²) in [7, 11) is 1.92. The Labute approximate surface area is 110 Å². The molecule has 18 heavy (non-hydrogen) atoms. The van der Waals surface area contributed by atoms with Gasteiger partial charge in [0.05, 0.1) is 6.61 Å². The molecule has 1 rings (SSSR count). The number of likely N-dealkylation sites (N-methyl/N-ethyl adjacent to an activating group) is 1. The molecule has 0 atom stereocenters. The van der Waals surface area contributed by atoms with Crippen LogP contribution in [0, 0.1) is 6.92 Å². The van der Waals surface area contributed by atoms with E-state index < -0.39 is 0 Å². The summed E-state index contributed by atoms with van der Waals surface area (Å²) in [6.45, 7) is 10.1. The van der Waals surface area contributed by atoms with Crippen molar-refractivity contribution in [3.8, 4) is 0 Å². The van der Waals surface area contributed by atoms with Crippen molar-refractivity contribution in [1.29, 1.82) is 0 Å². The number of rotatable bonds is 8. The van der Waals surface area contributed by atoms with Gasteiger partial charge in [-0.2, -0.15) is 0 Å². The molecular formula is C13H24N4O. The molecule has 0 radical (unpaired) electrons. The molecule has 0 bridgehead atoms. The summed E-state index contributed by atoms with van der Waals surface area (Å²) in [6.07, 6.45) is 1.90. The van der Waals surface area contributed by atoms with Crippen molar-refractivity contribution < 1.29 is 4.74 Å². The summed E-state index contributed by atoms with van der Waals surface area (Å²) >= 11 is 0. The van der Waals surface area contributed by atoms with Gasteiger partial charge in [-0.3, -0.25) is 0 Å². The number of anilines is 1. The molecule has 0 saturated carbocycles. The average molecular weight is 252 g/mol. The Hall–Kier alpha value is -1.20. The van der Waals surface area contributed by atoms with E-state index in [-0.39, 0.29) is 0 Å². The van der Waals surface area contributed by atoms with Crippen molar-refractivity contribution in [2.45, 2.75) is 27.3 Å². The van der Waals surface area contributed by atoms with E-state index in [2.05, 4.69) is 27.1 Å². The van der Waals surface area contributed by atoms with Crippen molar-refractivity contribution >= 4 is 5.95 Å². The minimum atomic E-state index is 0.713. The van der Waals surface area contributed by atoms with Gasteiger partial charge in [0.15, 0.2) is 0 Å². The minimum Gasteiger partial charge on any atom is -0.380 e. The monoisotopic (exact) mass is 252 g/mol. The van der Waals surface area contributed by atoms with Crippen LogP contribution in [0.4, 0.5) is 5.95 Å². The molecule has 5 heteroatoms. The molecule has 1 heterocycles. The number of aromatic nitrogens is 2. The van der Waals surface area contributed by atoms with Gasteiger partial charge in [-0.25, -0.2) is 9.97 Å². The van der Waals surface area contributed by atoms with E-state index in [9.17, 15) is 0 Å². The molecule has 102 valence electrons. The second kappa shape index (κ2) is 8.00. The highest BCUT2D eigenvalue weighted by molar-refractivity contribution is 5.32. The SMILES string of the molecule is CCOCCN(CC)c1ncc(CNC)c(C)n1. The van der Waals surface area contributed by atoms with E-state index in [0.717, 1.165) is 43.4 Å². The van der Waals surface area contributed by atoms with E-state index >= 15 is 0 Å². The fourth-order valence-electron chi connectivity index (χ4n) is 1.71.